The predicted octanol–water partition coefficient (Wildman–Crippen LogP) is 1.32. The minimum atomic E-state index is -3.58. The highest BCUT2D eigenvalue weighted by Gasteiger charge is 2.22. The lowest BCUT2D eigenvalue weighted by Gasteiger charge is -2.12. The Balaban J connectivity index is 2.92. The van der Waals surface area contributed by atoms with E-state index >= 15 is 0 Å². The van der Waals surface area contributed by atoms with Crippen molar-refractivity contribution in [3.8, 4) is 0 Å². The number of ether oxygens (including phenoxy) is 1. The third kappa shape index (κ3) is 4.01. The van der Waals surface area contributed by atoms with Gasteiger partial charge in [0.05, 0.1) is 17.0 Å². The summed E-state index contributed by atoms with van der Waals surface area (Å²) in [6, 6.07) is 1.14. The van der Waals surface area contributed by atoms with Gasteiger partial charge in [0, 0.05) is 18.0 Å². The normalized spacial score (nSPS) is 13.9. The van der Waals surface area contributed by atoms with E-state index in [0.717, 1.165) is 0 Å². The zero-order valence-electron chi connectivity index (χ0n) is 9.44. The van der Waals surface area contributed by atoms with Crippen LogP contribution in [0.5, 0.6) is 0 Å². The van der Waals surface area contributed by atoms with E-state index in [1.807, 2.05) is 0 Å². The molecule has 0 fully saturated rings. The van der Waals surface area contributed by atoms with E-state index in [-0.39, 0.29) is 17.5 Å². The SMILES string of the molecule is COCC(C)NS(=O)(=O)c1cc(CO)sc1Br. The lowest BCUT2D eigenvalue weighted by molar-refractivity contribution is 0.180. The summed E-state index contributed by atoms with van der Waals surface area (Å²) in [6.45, 7) is 1.84. The van der Waals surface area contributed by atoms with E-state index in [9.17, 15) is 8.42 Å². The van der Waals surface area contributed by atoms with Gasteiger partial charge in [-0.1, -0.05) is 0 Å². The van der Waals surface area contributed by atoms with Gasteiger partial charge >= 0.3 is 0 Å². The molecule has 0 saturated carbocycles. The van der Waals surface area contributed by atoms with Gasteiger partial charge in [-0.2, -0.15) is 0 Å². The molecule has 1 unspecified atom stereocenters. The van der Waals surface area contributed by atoms with Gasteiger partial charge < -0.3 is 9.84 Å². The number of hydrogen-bond donors (Lipinski definition) is 2. The van der Waals surface area contributed by atoms with E-state index in [0.29, 0.717) is 15.3 Å². The average Bonchev–Trinajstić information content (AvgIpc) is 2.60. The molecule has 0 saturated heterocycles. The zero-order valence-corrected chi connectivity index (χ0v) is 12.7. The number of rotatable bonds is 6. The molecule has 17 heavy (non-hydrogen) atoms. The molecular formula is C9H14BrNO4S2. The molecule has 1 heterocycles. The second kappa shape index (κ2) is 6.26. The number of halogens is 1. The van der Waals surface area contributed by atoms with E-state index < -0.39 is 10.0 Å². The maximum atomic E-state index is 12.0. The monoisotopic (exact) mass is 343 g/mol. The zero-order chi connectivity index (χ0) is 13.1. The number of hydrogen-bond acceptors (Lipinski definition) is 5. The molecule has 0 aliphatic heterocycles. The summed E-state index contributed by atoms with van der Waals surface area (Å²) in [7, 11) is -2.07. The van der Waals surface area contributed by atoms with Crippen LogP contribution in [0, 0.1) is 0 Å². The van der Waals surface area contributed by atoms with Gasteiger partial charge in [-0.25, -0.2) is 13.1 Å². The number of aliphatic hydroxyl groups is 1. The van der Waals surface area contributed by atoms with Crippen molar-refractivity contribution in [1.29, 1.82) is 0 Å². The molecule has 0 spiro atoms. The molecule has 0 aliphatic rings. The molecule has 0 bridgehead atoms. The highest BCUT2D eigenvalue weighted by Crippen LogP contribution is 2.31. The first-order chi connectivity index (χ1) is 7.90. The molecule has 0 aromatic carbocycles. The first-order valence-corrected chi connectivity index (χ1v) is 7.90. The van der Waals surface area contributed by atoms with Crippen LogP contribution >= 0.6 is 27.3 Å². The molecule has 0 amide bonds. The summed E-state index contributed by atoms with van der Waals surface area (Å²) in [4.78, 5) is 0.742. The lowest BCUT2D eigenvalue weighted by Crippen LogP contribution is -2.35. The van der Waals surface area contributed by atoms with Crippen molar-refractivity contribution in [2.75, 3.05) is 13.7 Å². The van der Waals surface area contributed by atoms with E-state index in [1.165, 1.54) is 24.5 Å². The Kier molecular flexibility index (Phi) is 5.55. The Morgan fingerprint density at radius 3 is 2.76 bits per heavy atom. The Morgan fingerprint density at radius 2 is 2.29 bits per heavy atom. The van der Waals surface area contributed by atoms with Crippen molar-refractivity contribution in [3.05, 3.63) is 14.7 Å². The summed E-state index contributed by atoms with van der Waals surface area (Å²) in [5, 5.41) is 8.96. The van der Waals surface area contributed by atoms with Gasteiger partial charge in [0.1, 0.15) is 4.90 Å². The van der Waals surface area contributed by atoms with Gasteiger partial charge in [0.2, 0.25) is 10.0 Å². The quantitative estimate of drug-likeness (QED) is 0.816. The fourth-order valence-corrected chi connectivity index (χ4v) is 5.04. The number of sulfonamides is 1. The molecule has 0 radical (unpaired) electrons. The van der Waals surface area contributed by atoms with Crippen LogP contribution in [0.4, 0.5) is 0 Å². The Morgan fingerprint density at radius 1 is 1.65 bits per heavy atom. The van der Waals surface area contributed by atoms with Crippen LogP contribution in [0.25, 0.3) is 0 Å². The third-order valence-corrected chi connectivity index (χ3v) is 5.75. The van der Waals surface area contributed by atoms with Gasteiger partial charge in [-0.15, -0.1) is 11.3 Å². The number of methoxy groups -OCH3 is 1. The van der Waals surface area contributed by atoms with Crippen LogP contribution in [0.15, 0.2) is 14.7 Å². The maximum Gasteiger partial charge on any atom is 0.242 e. The van der Waals surface area contributed by atoms with Crippen LogP contribution in [0.2, 0.25) is 0 Å². The molecule has 2 N–H and O–H groups in total. The first kappa shape index (κ1) is 15.1. The highest BCUT2D eigenvalue weighted by atomic mass is 79.9. The van der Waals surface area contributed by atoms with Crippen LogP contribution in [-0.4, -0.2) is 33.3 Å². The highest BCUT2D eigenvalue weighted by molar-refractivity contribution is 9.11. The standard InChI is InChI=1S/C9H14BrNO4S2/c1-6(5-15-2)11-17(13,14)8-3-7(4-12)16-9(8)10/h3,6,11-12H,4-5H2,1-2H3. The summed E-state index contributed by atoms with van der Waals surface area (Å²) < 4.78 is 31.8. The van der Waals surface area contributed by atoms with E-state index in [2.05, 4.69) is 20.7 Å². The number of nitrogens with one attached hydrogen (secondary N) is 1. The van der Waals surface area contributed by atoms with Crippen molar-refractivity contribution < 1.29 is 18.3 Å². The van der Waals surface area contributed by atoms with Crippen molar-refractivity contribution >= 4 is 37.3 Å². The molecule has 1 aromatic heterocycles. The molecule has 1 rings (SSSR count). The van der Waals surface area contributed by atoms with E-state index in [1.54, 1.807) is 6.92 Å². The number of thiophene rings is 1. The van der Waals surface area contributed by atoms with Crippen molar-refractivity contribution in [2.24, 2.45) is 0 Å². The van der Waals surface area contributed by atoms with Crippen molar-refractivity contribution in [2.45, 2.75) is 24.5 Å². The summed E-state index contributed by atoms with van der Waals surface area (Å²) >= 11 is 4.38. The van der Waals surface area contributed by atoms with E-state index in [4.69, 9.17) is 9.84 Å². The summed E-state index contributed by atoms with van der Waals surface area (Å²) in [5.74, 6) is 0. The minimum absolute atomic E-state index is 0.148. The maximum absolute atomic E-state index is 12.0. The van der Waals surface area contributed by atoms with Crippen LogP contribution in [-0.2, 0) is 21.4 Å². The largest absolute Gasteiger partial charge is 0.391 e. The minimum Gasteiger partial charge on any atom is -0.391 e. The average molecular weight is 344 g/mol. The van der Waals surface area contributed by atoms with Gasteiger partial charge in [0.25, 0.3) is 0 Å². The topological polar surface area (TPSA) is 75.6 Å². The molecule has 8 heteroatoms. The number of aliphatic hydroxyl groups excluding tert-OH is 1. The molecular weight excluding hydrogens is 330 g/mol. The second-order valence-corrected chi connectivity index (χ2v) is 7.62. The third-order valence-electron chi connectivity index (χ3n) is 1.92. The smallest absolute Gasteiger partial charge is 0.242 e. The van der Waals surface area contributed by atoms with Gasteiger partial charge in [-0.3, -0.25) is 0 Å². The van der Waals surface area contributed by atoms with Crippen molar-refractivity contribution in [1.82, 2.24) is 4.72 Å². The Bertz CT molecular complexity index is 471. The fraction of sp³-hybridized carbons (Fsp3) is 0.556. The fourth-order valence-electron chi connectivity index (χ4n) is 1.27. The molecule has 1 atom stereocenters. The summed E-state index contributed by atoms with van der Waals surface area (Å²) in [6.07, 6.45) is 0. The van der Waals surface area contributed by atoms with Crippen LogP contribution in [0.3, 0.4) is 0 Å². The van der Waals surface area contributed by atoms with Crippen molar-refractivity contribution in [3.63, 3.8) is 0 Å². The molecule has 5 nitrogen and oxygen atoms in total. The molecule has 0 aliphatic carbocycles. The van der Waals surface area contributed by atoms with Gasteiger partial charge in [0.15, 0.2) is 0 Å². The second-order valence-electron chi connectivity index (χ2n) is 3.49. The van der Waals surface area contributed by atoms with Crippen LogP contribution < -0.4 is 4.72 Å². The Hall–Kier alpha value is 0.01000. The molecule has 1 aromatic rings. The molecule has 98 valence electrons. The van der Waals surface area contributed by atoms with Gasteiger partial charge in [-0.05, 0) is 28.9 Å². The summed E-state index contributed by atoms with van der Waals surface area (Å²) in [5.41, 5.74) is 0. The first-order valence-electron chi connectivity index (χ1n) is 4.81. The van der Waals surface area contributed by atoms with Crippen LogP contribution in [0.1, 0.15) is 11.8 Å². The lowest BCUT2D eigenvalue weighted by atomic mass is 10.4. The predicted molar refractivity (Wildman–Crippen MR) is 69.6 cm³/mol. The Labute approximate surface area is 113 Å².